The van der Waals surface area contributed by atoms with Crippen LogP contribution in [0.5, 0.6) is 0 Å². The van der Waals surface area contributed by atoms with E-state index in [0.717, 1.165) is 6.54 Å². The summed E-state index contributed by atoms with van der Waals surface area (Å²) in [5.41, 5.74) is 4.98. The molecular weight excluding hydrogens is 310 g/mol. The number of hydrogen-bond acceptors (Lipinski definition) is 5. The second kappa shape index (κ2) is 8.58. The summed E-state index contributed by atoms with van der Waals surface area (Å²) in [4.78, 5) is 37.5. The van der Waals surface area contributed by atoms with Crippen LogP contribution < -0.4 is 11.1 Å². The lowest BCUT2D eigenvalue weighted by molar-refractivity contribution is -0.128. The van der Waals surface area contributed by atoms with E-state index in [-0.39, 0.29) is 48.1 Å². The number of nitrogens with two attached hydrogens (primary N) is 1. The summed E-state index contributed by atoms with van der Waals surface area (Å²) in [6.45, 7) is 6.44. The smallest absolute Gasteiger partial charge is 0.220 e. The molecule has 0 bridgehead atoms. The predicted octanol–water partition coefficient (Wildman–Crippen LogP) is 0.319. The summed E-state index contributed by atoms with van der Waals surface area (Å²) in [7, 11) is 3.90. The molecule has 3 N–H and O–H groups in total. The van der Waals surface area contributed by atoms with Gasteiger partial charge >= 0.3 is 0 Å². The van der Waals surface area contributed by atoms with Crippen LogP contribution in [0.25, 0.3) is 0 Å². The van der Waals surface area contributed by atoms with Gasteiger partial charge in [-0.1, -0.05) is 20.8 Å². The van der Waals surface area contributed by atoms with Crippen molar-refractivity contribution in [3.63, 3.8) is 0 Å². The number of nitrogens with one attached hydrogen (secondary N) is 1. The molecule has 2 amide bonds. The third kappa shape index (κ3) is 5.87. The van der Waals surface area contributed by atoms with Gasteiger partial charge < -0.3 is 20.7 Å². The van der Waals surface area contributed by atoms with E-state index >= 15 is 0 Å². The van der Waals surface area contributed by atoms with Gasteiger partial charge in [0, 0.05) is 18.9 Å². The first-order valence-electron chi connectivity index (χ1n) is 8.42. The monoisotopic (exact) mass is 341 g/mol. The Balaban J connectivity index is 2.53. The summed E-state index contributed by atoms with van der Waals surface area (Å²) >= 11 is 0. The number of rotatable bonds is 9. The lowest BCUT2D eigenvalue weighted by Gasteiger charge is -2.29. The van der Waals surface area contributed by atoms with E-state index in [1.165, 1.54) is 0 Å². The Bertz CT molecular complexity index is 476. The average Bonchev–Trinajstić information content (AvgIpc) is 2.83. The first-order chi connectivity index (χ1) is 11.0. The molecule has 0 aliphatic carbocycles. The van der Waals surface area contributed by atoms with E-state index in [4.69, 9.17) is 10.5 Å². The minimum atomic E-state index is -0.575. The number of hydrogen-bond donors (Lipinski definition) is 2. The van der Waals surface area contributed by atoms with Crippen LogP contribution in [0.15, 0.2) is 0 Å². The van der Waals surface area contributed by atoms with Gasteiger partial charge in [0.1, 0.15) is 12.6 Å². The fourth-order valence-electron chi connectivity index (χ4n) is 2.67. The van der Waals surface area contributed by atoms with Crippen LogP contribution in [0.4, 0.5) is 0 Å². The number of amides is 2. The molecule has 1 heterocycles. The molecule has 0 aromatic rings. The van der Waals surface area contributed by atoms with E-state index in [1.807, 2.05) is 32.8 Å². The van der Waals surface area contributed by atoms with Gasteiger partial charge in [-0.05, 0) is 32.4 Å². The molecule has 7 heteroatoms. The van der Waals surface area contributed by atoms with E-state index in [1.54, 1.807) is 6.92 Å². The normalized spacial score (nSPS) is 22.7. The molecule has 138 valence electrons. The SMILES string of the molecule is CC(C(N)=O)C(C)(C)CCC(=O)NC1C(=O)COC1CCN(C)C. The summed E-state index contributed by atoms with van der Waals surface area (Å²) in [5, 5.41) is 2.80. The Kier molecular flexibility index (Phi) is 7.35. The highest BCUT2D eigenvalue weighted by molar-refractivity contribution is 5.91. The van der Waals surface area contributed by atoms with Crippen molar-refractivity contribution in [3.8, 4) is 0 Å². The summed E-state index contributed by atoms with van der Waals surface area (Å²) in [5.74, 6) is -0.978. The lowest BCUT2D eigenvalue weighted by atomic mass is 9.76. The van der Waals surface area contributed by atoms with Gasteiger partial charge in [0.15, 0.2) is 5.78 Å². The number of ether oxygens (including phenoxy) is 1. The second-order valence-electron chi connectivity index (χ2n) is 7.57. The van der Waals surface area contributed by atoms with E-state index in [2.05, 4.69) is 5.32 Å². The maximum Gasteiger partial charge on any atom is 0.220 e. The largest absolute Gasteiger partial charge is 0.369 e. The molecule has 24 heavy (non-hydrogen) atoms. The van der Waals surface area contributed by atoms with Gasteiger partial charge in [0.05, 0.1) is 6.10 Å². The fraction of sp³-hybridized carbons (Fsp3) is 0.824. The Morgan fingerprint density at radius 3 is 2.58 bits per heavy atom. The number of carbonyl (C=O) groups is 3. The van der Waals surface area contributed by atoms with Crippen molar-refractivity contribution in [2.45, 2.75) is 52.2 Å². The van der Waals surface area contributed by atoms with E-state index in [0.29, 0.717) is 12.8 Å². The Morgan fingerprint density at radius 2 is 2.04 bits per heavy atom. The molecular formula is C17H31N3O4. The zero-order chi connectivity index (χ0) is 18.5. The van der Waals surface area contributed by atoms with Gasteiger partial charge in [-0.25, -0.2) is 0 Å². The molecule has 3 atom stereocenters. The number of nitrogens with zero attached hydrogens (tertiary/aromatic N) is 1. The highest BCUT2D eigenvalue weighted by atomic mass is 16.5. The van der Waals surface area contributed by atoms with Crippen molar-refractivity contribution in [2.75, 3.05) is 27.2 Å². The molecule has 1 aliphatic rings. The molecule has 1 aliphatic heterocycles. The molecule has 1 saturated heterocycles. The number of ketones is 1. The minimum Gasteiger partial charge on any atom is -0.369 e. The van der Waals surface area contributed by atoms with Gasteiger partial charge in [0.25, 0.3) is 0 Å². The second-order valence-corrected chi connectivity index (χ2v) is 7.57. The van der Waals surface area contributed by atoms with E-state index in [9.17, 15) is 14.4 Å². The van der Waals surface area contributed by atoms with Crippen molar-refractivity contribution in [1.82, 2.24) is 10.2 Å². The first kappa shape index (κ1) is 20.6. The van der Waals surface area contributed by atoms with Crippen molar-refractivity contribution in [2.24, 2.45) is 17.1 Å². The molecule has 0 aromatic heterocycles. The zero-order valence-electron chi connectivity index (χ0n) is 15.4. The van der Waals surface area contributed by atoms with Crippen LogP contribution in [-0.4, -0.2) is 61.9 Å². The molecule has 7 nitrogen and oxygen atoms in total. The summed E-state index contributed by atoms with van der Waals surface area (Å²) in [6, 6.07) is -0.575. The van der Waals surface area contributed by atoms with Crippen molar-refractivity contribution in [1.29, 1.82) is 0 Å². The van der Waals surface area contributed by atoms with E-state index < -0.39 is 6.04 Å². The molecule has 1 fully saturated rings. The molecule has 0 spiro atoms. The Labute approximate surface area is 144 Å². The lowest BCUT2D eigenvalue weighted by Crippen LogP contribution is -2.46. The third-order valence-electron chi connectivity index (χ3n) is 4.93. The topological polar surface area (TPSA) is 102 Å². The van der Waals surface area contributed by atoms with Gasteiger partial charge in [-0.15, -0.1) is 0 Å². The quantitative estimate of drug-likeness (QED) is 0.629. The number of Topliss-reactive ketones (excluding diaryl/α,β-unsaturated/α-hetero) is 1. The standard InChI is InChI=1S/C17H31N3O4/c1-11(16(18)23)17(2,3)8-6-14(22)19-15-12(21)10-24-13(15)7-9-20(4)5/h11,13,15H,6-10H2,1-5H3,(H2,18,23)(H,19,22). The Hall–Kier alpha value is -1.47. The van der Waals surface area contributed by atoms with Crippen molar-refractivity contribution < 1.29 is 19.1 Å². The maximum atomic E-state index is 12.2. The first-order valence-corrected chi connectivity index (χ1v) is 8.42. The van der Waals surface area contributed by atoms with Crippen LogP contribution in [0.3, 0.4) is 0 Å². The fourth-order valence-corrected chi connectivity index (χ4v) is 2.67. The number of carbonyl (C=O) groups excluding carboxylic acids is 3. The van der Waals surface area contributed by atoms with Gasteiger partial charge in [-0.2, -0.15) is 0 Å². The van der Waals surface area contributed by atoms with Crippen molar-refractivity contribution >= 4 is 17.6 Å². The number of primary amides is 1. The molecule has 0 radical (unpaired) electrons. The van der Waals surface area contributed by atoms with Crippen LogP contribution in [-0.2, 0) is 19.1 Å². The van der Waals surface area contributed by atoms with Crippen molar-refractivity contribution in [3.05, 3.63) is 0 Å². The van der Waals surface area contributed by atoms with Crippen LogP contribution in [0.1, 0.15) is 40.0 Å². The molecule has 1 rings (SSSR count). The zero-order valence-corrected chi connectivity index (χ0v) is 15.4. The highest BCUT2D eigenvalue weighted by Crippen LogP contribution is 2.31. The Morgan fingerprint density at radius 1 is 1.42 bits per heavy atom. The van der Waals surface area contributed by atoms with Crippen LogP contribution in [0, 0.1) is 11.3 Å². The molecule has 0 aromatic carbocycles. The van der Waals surface area contributed by atoms with Crippen LogP contribution in [0.2, 0.25) is 0 Å². The maximum absolute atomic E-state index is 12.2. The molecule has 3 unspecified atom stereocenters. The highest BCUT2D eigenvalue weighted by Gasteiger charge is 2.37. The van der Waals surface area contributed by atoms with Crippen LogP contribution >= 0.6 is 0 Å². The van der Waals surface area contributed by atoms with Gasteiger partial charge in [0.2, 0.25) is 11.8 Å². The summed E-state index contributed by atoms with van der Waals surface area (Å²) < 4.78 is 5.49. The minimum absolute atomic E-state index is 0.0489. The molecule has 0 saturated carbocycles. The average molecular weight is 341 g/mol. The predicted molar refractivity (Wildman–Crippen MR) is 91.2 cm³/mol. The third-order valence-corrected chi connectivity index (χ3v) is 4.93. The van der Waals surface area contributed by atoms with Gasteiger partial charge in [-0.3, -0.25) is 14.4 Å². The summed E-state index contributed by atoms with van der Waals surface area (Å²) in [6.07, 6.45) is 1.18.